The van der Waals surface area contributed by atoms with Gasteiger partial charge < -0.3 is 21.1 Å². The van der Waals surface area contributed by atoms with Gasteiger partial charge in [-0.15, -0.1) is 0 Å². The first-order valence-electron chi connectivity index (χ1n) is 15.4. The van der Waals surface area contributed by atoms with Gasteiger partial charge in [-0.05, 0) is 57.8 Å². The Hall–Kier alpha value is -1.80. The van der Waals surface area contributed by atoms with E-state index in [0.717, 1.165) is 83.5 Å². The molecule has 0 radical (unpaired) electrons. The van der Waals surface area contributed by atoms with E-state index in [1.54, 1.807) is 6.08 Å². The SMILES string of the molecule is CC/C=C\C/C=C\C/C=C\CCCCCCCC(=O)NC(COP(=O)(O)OCCN)C(O)/C=C/CC/C=C/CCC. The molecule has 0 saturated heterocycles. The van der Waals surface area contributed by atoms with E-state index < -0.39 is 20.0 Å². The van der Waals surface area contributed by atoms with Gasteiger partial charge in [0, 0.05) is 13.0 Å². The summed E-state index contributed by atoms with van der Waals surface area (Å²) in [5.41, 5.74) is 5.31. The Labute approximate surface area is 249 Å². The minimum absolute atomic E-state index is 0.0673. The van der Waals surface area contributed by atoms with Crippen LogP contribution in [-0.2, 0) is 18.4 Å². The lowest BCUT2D eigenvalue weighted by molar-refractivity contribution is -0.123. The Kier molecular flexibility index (Phi) is 27.1. The molecule has 3 unspecified atom stereocenters. The normalized spacial score (nSPS) is 15.5. The Morgan fingerprint density at radius 3 is 2.15 bits per heavy atom. The van der Waals surface area contributed by atoms with Crippen molar-refractivity contribution in [3.05, 3.63) is 60.8 Å². The average Bonchev–Trinajstić information content (AvgIpc) is 2.95. The first-order valence-corrected chi connectivity index (χ1v) is 16.9. The molecule has 0 aromatic rings. The van der Waals surface area contributed by atoms with E-state index in [4.69, 9.17) is 14.8 Å². The number of phosphoric ester groups is 1. The third kappa shape index (κ3) is 26.8. The van der Waals surface area contributed by atoms with Gasteiger partial charge in [0.05, 0.1) is 25.4 Å². The zero-order chi connectivity index (χ0) is 30.4. The number of carbonyl (C=O) groups is 1. The summed E-state index contributed by atoms with van der Waals surface area (Å²) in [6.45, 7) is 3.82. The summed E-state index contributed by atoms with van der Waals surface area (Å²) in [5.74, 6) is -0.231. The molecule has 0 fully saturated rings. The number of phosphoric acid groups is 1. The summed E-state index contributed by atoms with van der Waals surface area (Å²) in [7, 11) is -4.33. The van der Waals surface area contributed by atoms with Crippen LogP contribution < -0.4 is 11.1 Å². The first kappa shape index (κ1) is 39.2. The number of aliphatic hydroxyl groups excluding tert-OH is 1. The fourth-order valence-corrected chi connectivity index (χ4v) is 4.51. The predicted molar refractivity (Wildman–Crippen MR) is 170 cm³/mol. The molecule has 0 aliphatic carbocycles. The number of allylic oxidation sites excluding steroid dienone is 9. The van der Waals surface area contributed by atoms with E-state index in [0.29, 0.717) is 6.42 Å². The summed E-state index contributed by atoms with van der Waals surface area (Å²) in [4.78, 5) is 22.4. The van der Waals surface area contributed by atoms with Crippen LogP contribution >= 0.6 is 7.82 Å². The summed E-state index contributed by atoms with van der Waals surface area (Å²) in [6.07, 6.45) is 32.9. The molecule has 0 heterocycles. The van der Waals surface area contributed by atoms with Crippen molar-refractivity contribution in [1.29, 1.82) is 0 Å². The molecule has 0 rings (SSSR count). The highest BCUT2D eigenvalue weighted by Crippen LogP contribution is 2.43. The molecule has 8 nitrogen and oxygen atoms in total. The van der Waals surface area contributed by atoms with E-state index >= 15 is 0 Å². The van der Waals surface area contributed by atoms with E-state index in [1.807, 2.05) is 6.08 Å². The van der Waals surface area contributed by atoms with Crippen LogP contribution in [0.15, 0.2) is 60.8 Å². The van der Waals surface area contributed by atoms with Gasteiger partial charge in [-0.1, -0.05) is 100 Å². The molecule has 9 heteroatoms. The second-order valence-corrected chi connectivity index (χ2v) is 11.4. The molecule has 236 valence electrons. The molecular weight excluding hydrogens is 539 g/mol. The van der Waals surface area contributed by atoms with Crippen molar-refractivity contribution in [3.8, 4) is 0 Å². The lowest BCUT2D eigenvalue weighted by Crippen LogP contribution is -2.45. The molecule has 0 aliphatic rings. The maximum absolute atomic E-state index is 12.6. The topological polar surface area (TPSA) is 131 Å². The van der Waals surface area contributed by atoms with Gasteiger partial charge in [-0.3, -0.25) is 13.8 Å². The molecule has 0 spiro atoms. The smallest absolute Gasteiger partial charge is 0.387 e. The Morgan fingerprint density at radius 1 is 0.829 bits per heavy atom. The number of aliphatic hydroxyl groups is 1. The van der Waals surface area contributed by atoms with Crippen LogP contribution in [0.2, 0.25) is 0 Å². The van der Waals surface area contributed by atoms with E-state index in [2.05, 4.69) is 67.8 Å². The maximum Gasteiger partial charge on any atom is 0.472 e. The van der Waals surface area contributed by atoms with Gasteiger partial charge in [0.2, 0.25) is 5.91 Å². The molecule has 41 heavy (non-hydrogen) atoms. The van der Waals surface area contributed by atoms with Gasteiger partial charge in [0.15, 0.2) is 0 Å². The number of unbranched alkanes of at least 4 members (excludes halogenated alkanes) is 7. The largest absolute Gasteiger partial charge is 0.472 e. The minimum Gasteiger partial charge on any atom is -0.387 e. The number of hydrogen-bond acceptors (Lipinski definition) is 6. The zero-order valence-corrected chi connectivity index (χ0v) is 26.4. The average molecular weight is 597 g/mol. The van der Waals surface area contributed by atoms with Crippen molar-refractivity contribution in [2.45, 2.75) is 116 Å². The maximum atomic E-state index is 12.6. The van der Waals surface area contributed by atoms with Crippen LogP contribution in [0.5, 0.6) is 0 Å². The molecule has 5 N–H and O–H groups in total. The monoisotopic (exact) mass is 596 g/mol. The molecule has 0 aliphatic heterocycles. The van der Waals surface area contributed by atoms with Crippen molar-refractivity contribution in [2.24, 2.45) is 5.73 Å². The van der Waals surface area contributed by atoms with Crippen LogP contribution in [-0.4, -0.2) is 47.8 Å². The molecule has 1 amide bonds. The van der Waals surface area contributed by atoms with Crippen LogP contribution in [0, 0.1) is 0 Å². The number of rotatable bonds is 27. The van der Waals surface area contributed by atoms with Gasteiger partial charge in [0.25, 0.3) is 0 Å². The highest BCUT2D eigenvalue weighted by atomic mass is 31.2. The Bertz CT molecular complexity index is 825. The standard InChI is InChI=1S/C32H57N2O6P/c1-3-5-7-9-11-12-13-14-15-16-17-18-20-22-24-26-32(36)34-30(29-40-41(37,38)39-28-27-33)31(35)25-23-21-19-10-8-6-4-2/h5,7-8,10-12,14-15,23,25,30-31,35H,3-4,6,9,13,16-22,24,26-29,33H2,1-2H3,(H,34,36)(H,37,38)/b7-5-,10-8+,12-11-,15-14-,25-23+. The fourth-order valence-electron chi connectivity index (χ4n) is 3.75. The van der Waals surface area contributed by atoms with Crippen LogP contribution in [0.4, 0.5) is 0 Å². The van der Waals surface area contributed by atoms with Gasteiger partial charge >= 0.3 is 7.82 Å². The lowest BCUT2D eigenvalue weighted by atomic mass is 10.1. The number of hydrogen-bond donors (Lipinski definition) is 4. The lowest BCUT2D eigenvalue weighted by Gasteiger charge is -2.23. The van der Waals surface area contributed by atoms with E-state index in [-0.39, 0.29) is 25.7 Å². The van der Waals surface area contributed by atoms with Crippen LogP contribution in [0.3, 0.4) is 0 Å². The third-order valence-corrected chi connectivity index (χ3v) is 7.04. The van der Waals surface area contributed by atoms with Crippen molar-refractivity contribution in [1.82, 2.24) is 5.32 Å². The first-order chi connectivity index (χ1) is 19.9. The van der Waals surface area contributed by atoms with E-state index in [9.17, 15) is 19.4 Å². The number of carbonyl (C=O) groups excluding carboxylic acids is 1. The zero-order valence-electron chi connectivity index (χ0n) is 25.5. The van der Waals surface area contributed by atoms with Crippen molar-refractivity contribution in [2.75, 3.05) is 19.8 Å². The highest BCUT2D eigenvalue weighted by molar-refractivity contribution is 7.47. The summed E-state index contributed by atoms with van der Waals surface area (Å²) in [5, 5.41) is 13.4. The fraction of sp³-hybridized carbons (Fsp3) is 0.656. The highest BCUT2D eigenvalue weighted by Gasteiger charge is 2.26. The molecule has 0 aromatic carbocycles. The van der Waals surface area contributed by atoms with Crippen molar-refractivity contribution < 1.29 is 28.4 Å². The second kappa shape index (κ2) is 28.3. The number of nitrogens with one attached hydrogen (secondary N) is 1. The van der Waals surface area contributed by atoms with Crippen molar-refractivity contribution in [3.63, 3.8) is 0 Å². The third-order valence-electron chi connectivity index (χ3n) is 6.06. The Balaban J connectivity index is 4.41. The van der Waals surface area contributed by atoms with Crippen molar-refractivity contribution >= 4 is 13.7 Å². The van der Waals surface area contributed by atoms with Gasteiger partial charge in [0.1, 0.15) is 0 Å². The van der Waals surface area contributed by atoms with Crippen LogP contribution in [0.1, 0.15) is 104 Å². The summed E-state index contributed by atoms with van der Waals surface area (Å²) < 4.78 is 21.8. The van der Waals surface area contributed by atoms with E-state index in [1.165, 1.54) is 0 Å². The molecular formula is C32H57N2O6P. The van der Waals surface area contributed by atoms with Crippen LogP contribution in [0.25, 0.3) is 0 Å². The quantitative estimate of drug-likeness (QED) is 0.0448. The van der Waals surface area contributed by atoms with Gasteiger partial charge in [-0.25, -0.2) is 4.57 Å². The minimum atomic E-state index is -4.33. The predicted octanol–water partition coefficient (Wildman–Crippen LogP) is 7.21. The molecule has 0 bridgehead atoms. The molecule has 0 saturated carbocycles. The second-order valence-electron chi connectivity index (χ2n) is 9.92. The number of amides is 1. The molecule has 3 atom stereocenters. The summed E-state index contributed by atoms with van der Waals surface area (Å²) in [6, 6.07) is -0.884. The summed E-state index contributed by atoms with van der Waals surface area (Å²) >= 11 is 0. The van der Waals surface area contributed by atoms with Gasteiger partial charge in [-0.2, -0.15) is 0 Å². The number of nitrogens with two attached hydrogens (primary N) is 1. The Morgan fingerprint density at radius 2 is 1.44 bits per heavy atom. The molecule has 0 aromatic heterocycles.